The first kappa shape index (κ1) is 13.9. The Labute approximate surface area is 115 Å². The highest BCUT2D eigenvalue weighted by molar-refractivity contribution is 7.92. The van der Waals surface area contributed by atoms with Gasteiger partial charge in [0.25, 0.3) is 10.0 Å². The first-order valence-electron chi connectivity index (χ1n) is 5.60. The van der Waals surface area contributed by atoms with Gasteiger partial charge in [-0.1, -0.05) is 0 Å². The monoisotopic (exact) mass is 292 g/mol. The number of anilines is 2. The largest absolute Gasteiger partial charge is 0.399 e. The Morgan fingerprint density at radius 1 is 1.25 bits per heavy atom. The van der Waals surface area contributed by atoms with Crippen LogP contribution in [0.15, 0.2) is 41.6 Å². The summed E-state index contributed by atoms with van der Waals surface area (Å²) in [6.45, 7) is 1.27. The van der Waals surface area contributed by atoms with Gasteiger partial charge in [-0.05, 0) is 31.2 Å². The minimum Gasteiger partial charge on any atom is -0.399 e. The molecule has 1 aromatic heterocycles. The summed E-state index contributed by atoms with van der Waals surface area (Å²) in [6.07, 6.45) is 2.80. The molecular formula is C12H12N4O3S. The van der Waals surface area contributed by atoms with Gasteiger partial charge in [-0.2, -0.15) is 0 Å². The van der Waals surface area contributed by atoms with Crippen molar-refractivity contribution in [2.75, 3.05) is 10.5 Å². The lowest BCUT2D eigenvalue weighted by Crippen LogP contribution is -2.18. The van der Waals surface area contributed by atoms with Crippen molar-refractivity contribution in [1.29, 1.82) is 0 Å². The maximum absolute atomic E-state index is 12.3. The van der Waals surface area contributed by atoms with E-state index in [2.05, 4.69) is 14.7 Å². The highest BCUT2D eigenvalue weighted by atomic mass is 32.2. The van der Waals surface area contributed by atoms with E-state index in [1.54, 1.807) is 6.07 Å². The van der Waals surface area contributed by atoms with Crippen LogP contribution in [-0.2, 0) is 10.0 Å². The molecule has 0 aliphatic rings. The number of ketones is 1. The summed E-state index contributed by atoms with van der Waals surface area (Å²) in [5.74, 6) is -0.467. The first-order chi connectivity index (χ1) is 9.40. The number of nitrogen functional groups attached to an aromatic ring is 1. The summed E-state index contributed by atoms with van der Waals surface area (Å²) in [5.41, 5.74) is 5.90. The Kier molecular flexibility index (Phi) is 3.66. The van der Waals surface area contributed by atoms with Crippen molar-refractivity contribution in [2.24, 2.45) is 0 Å². The van der Waals surface area contributed by atoms with Gasteiger partial charge in [0.2, 0.25) is 5.95 Å². The molecular weight excluding hydrogens is 280 g/mol. The zero-order chi connectivity index (χ0) is 14.8. The molecule has 0 unspecified atom stereocenters. The highest BCUT2D eigenvalue weighted by Gasteiger charge is 2.21. The van der Waals surface area contributed by atoms with Crippen LogP contribution in [0.3, 0.4) is 0 Å². The van der Waals surface area contributed by atoms with E-state index in [1.165, 1.54) is 37.5 Å². The van der Waals surface area contributed by atoms with Gasteiger partial charge in [-0.15, -0.1) is 0 Å². The standard InChI is InChI=1S/C12H12N4O3S/c1-8(17)10-7-9(13)3-4-11(10)20(18,19)16-12-14-5-2-6-15-12/h2-7H,13H2,1H3,(H,14,15,16). The van der Waals surface area contributed by atoms with Gasteiger partial charge in [-0.25, -0.2) is 23.1 Å². The first-order valence-corrected chi connectivity index (χ1v) is 7.09. The van der Waals surface area contributed by atoms with E-state index in [0.717, 1.165) is 0 Å². The minimum atomic E-state index is -3.96. The Morgan fingerprint density at radius 3 is 2.50 bits per heavy atom. The second-order valence-corrected chi connectivity index (χ2v) is 5.64. The Balaban J connectivity index is 2.47. The number of hydrogen-bond acceptors (Lipinski definition) is 6. The fourth-order valence-corrected chi connectivity index (χ4v) is 2.78. The zero-order valence-electron chi connectivity index (χ0n) is 10.6. The predicted molar refractivity (Wildman–Crippen MR) is 73.7 cm³/mol. The van der Waals surface area contributed by atoms with E-state index < -0.39 is 15.8 Å². The van der Waals surface area contributed by atoms with E-state index in [1.807, 2.05) is 0 Å². The van der Waals surface area contributed by atoms with Crippen molar-refractivity contribution >= 4 is 27.4 Å². The summed E-state index contributed by atoms with van der Waals surface area (Å²) >= 11 is 0. The summed E-state index contributed by atoms with van der Waals surface area (Å²) in [7, 11) is -3.96. The van der Waals surface area contributed by atoms with Crippen LogP contribution in [0.4, 0.5) is 11.6 Å². The number of sulfonamides is 1. The van der Waals surface area contributed by atoms with Crippen LogP contribution in [-0.4, -0.2) is 24.2 Å². The molecule has 0 atom stereocenters. The fraction of sp³-hybridized carbons (Fsp3) is 0.0833. The van der Waals surface area contributed by atoms with Gasteiger partial charge >= 0.3 is 0 Å². The van der Waals surface area contributed by atoms with Crippen LogP contribution >= 0.6 is 0 Å². The molecule has 3 N–H and O–H groups in total. The lowest BCUT2D eigenvalue weighted by atomic mass is 10.1. The van der Waals surface area contributed by atoms with Crippen LogP contribution in [0.25, 0.3) is 0 Å². The smallest absolute Gasteiger partial charge is 0.264 e. The third-order valence-corrected chi connectivity index (χ3v) is 3.85. The van der Waals surface area contributed by atoms with Crippen LogP contribution in [0.5, 0.6) is 0 Å². The molecule has 0 spiro atoms. The van der Waals surface area contributed by atoms with Crippen molar-refractivity contribution in [2.45, 2.75) is 11.8 Å². The number of carbonyl (C=O) groups excluding carboxylic acids is 1. The molecule has 1 heterocycles. The second kappa shape index (κ2) is 5.25. The molecule has 20 heavy (non-hydrogen) atoms. The number of nitrogens with two attached hydrogens (primary N) is 1. The summed E-state index contributed by atoms with van der Waals surface area (Å²) in [5, 5.41) is 0. The molecule has 0 saturated carbocycles. The molecule has 8 heteroatoms. The number of benzene rings is 1. The number of nitrogens with one attached hydrogen (secondary N) is 1. The molecule has 7 nitrogen and oxygen atoms in total. The number of rotatable bonds is 4. The summed E-state index contributed by atoms with van der Waals surface area (Å²) < 4.78 is 26.7. The van der Waals surface area contributed by atoms with Gasteiger partial charge in [0.1, 0.15) is 0 Å². The third kappa shape index (κ3) is 2.91. The van der Waals surface area contributed by atoms with Gasteiger partial charge in [0, 0.05) is 23.6 Å². The molecule has 0 fully saturated rings. The molecule has 0 aliphatic heterocycles. The van der Waals surface area contributed by atoms with Crippen molar-refractivity contribution < 1.29 is 13.2 Å². The van der Waals surface area contributed by atoms with Crippen LogP contribution in [0.2, 0.25) is 0 Å². The van der Waals surface area contributed by atoms with Gasteiger partial charge in [0.15, 0.2) is 5.78 Å². The molecule has 104 valence electrons. The van der Waals surface area contributed by atoms with Crippen molar-refractivity contribution in [3.8, 4) is 0 Å². The SMILES string of the molecule is CC(=O)c1cc(N)ccc1S(=O)(=O)Nc1ncccn1. The normalized spacial score (nSPS) is 11.1. The molecule has 0 amide bonds. The van der Waals surface area contributed by atoms with E-state index in [-0.39, 0.29) is 16.4 Å². The Hall–Kier alpha value is -2.48. The zero-order valence-corrected chi connectivity index (χ0v) is 11.4. The molecule has 2 aromatic rings. The maximum atomic E-state index is 12.3. The van der Waals surface area contributed by atoms with Crippen LogP contribution < -0.4 is 10.5 Å². The maximum Gasteiger partial charge on any atom is 0.264 e. The highest BCUT2D eigenvalue weighted by Crippen LogP contribution is 2.21. The van der Waals surface area contributed by atoms with Crippen LogP contribution in [0, 0.1) is 0 Å². The lowest BCUT2D eigenvalue weighted by molar-refractivity contribution is 0.101. The number of hydrogen-bond donors (Lipinski definition) is 2. The summed E-state index contributed by atoms with van der Waals surface area (Å²) in [4.78, 5) is 18.9. The second-order valence-electron chi connectivity index (χ2n) is 3.99. The Bertz CT molecular complexity index is 745. The fourth-order valence-electron chi connectivity index (χ4n) is 1.58. The molecule has 0 radical (unpaired) electrons. The number of nitrogens with zero attached hydrogens (tertiary/aromatic N) is 2. The van der Waals surface area contributed by atoms with Crippen molar-refractivity contribution in [3.63, 3.8) is 0 Å². The van der Waals surface area contributed by atoms with E-state index in [0.29, 0.717) is 5.69 Å². The topological polar surface area (TPSA) is 115 Å². The number of Topliss-reactive ketones (excluding diaryl/α,β-unsaturated/α-hetero) is 1. The molecule has 1 aromatic carbocycles. The van der Waals surface area contributed by atoms with Crippen molar-refractivity contribution in [1.82, 2.24) is 9.97 Å². The van der Waals surface area contributed by atoms with E-state index in [9.17, 15) is 13.2 Å². The molecule has 0 saturated heterocycles. The minimum absolute atomic E-state index is 0.0217. The summed E-state index contributed by atoms with van der Waals surface area (Å²) in [6, 6.07) is 5.56. The van der Waals surface area contributed by atoms with E-state index in [4.69, 9.17) is 5.73 Å². The predicted octanol–water partition coefficient (Wildman–Crippen LogP) is 1.06. The van der Waals surface area contributed by atoms with Crippen LogP contribution in [0.1, 0.15) is 17.3 Å². The average molecular weight is 292 g/mol. The third-order valence-electron chi connectivity index (χ3n) is 2.46. The number of aromatic nitrogens is 2. The molecule has 2 rings (SSSR count). The van der Waals surface area contributed by atoms with Gasteiger partial charge < -0.3 is 5.73 Å². The number of carbonyl (C=O) groups is 1. The van der Waals surface area contributed by atoms with E-state index >= 15 is 0 Å². The molecule has 0 aliphatic carbocycles. The van der Waals surface area contributed by atoms with Gasteiger partial charge in [0.05, 0.1) is 4.90 Å². The quantitative estimate of drug-likeness (QED) is 0.643. The lowest BCUT2D eigenvalue weighted by Gasteiger charge is -2.10. The van der Waals surface area contributed by atoms with Crippen molar-refractivity contribution in [3.05, 3.63) is 42.2 Å². The Morgan fingerprint density at radius 2 is 1.90 bits per heavy atom. The molecule has 0 bridgehead atoms. The average Bonchev–Trinajstić information content (AvgIpc) is 2.38. The van der Waals surface area contributed by atoms with Gasteiger partial charge in [-0.3, -0.25) is 4.79 Å².